The van der Waals surface area contributed by atoms with Crippen molar-refractivity contribution in [3.8, 4) is 5.75 Å². The van der Waals surface area contributed by atoms with Crippen LogP contribution >= 0.6 is 23.2 Å². The van der Waals surface area contributed by atoms with E-state index in [2.05, 4.69) is 5.32 Å². The van der Waals surface area contributed by atoms with Crippen molar-refractivity contribution in [3.63, 3.8) is 0 Å². The topological polar surface area (TPSA) is 58.6 Å². The number of para-hydroxylation sites is 2. The number of nitrogens with zero attached hydrogens (tertiary/aromatic N) is 1. The first kappa shape index (κ1) is 18.1. The molecule has 2 aromatic carbocycles. The molecule has 2 rings (SSSR count). The van der Waals surface area contributed by atoms with E-state index in [-0.39, 0.29) is 25.0 Å². The van der Waals surface area contributed by atoms with Crippen molar-refractivity contribution in [2.75, 3.05) is 25.5 Å². The molecule has 0 spiro atoms. The lowest BCUT2D eigenvalue weighted by Gasteiger charge is -2.17. The molecule has 0 aliphatic rings. The number of rotatable bonds is 6. The second-order valence-electron chi connectivity index (χ2n) is 5.00. The third-order valence-electron chi connectivity index (χ3n) is 3.14. The zero-order valence-corrected chi connectivity index (χ0v) is 14.5. The van der Waals surface area contributed by atoms with Crippen molar-refractivity contribution in [2.45, 2.75) is 0 Å². The van der Waals surface area contributed by atoms with Crippen LogP contribution in [-0.4, -0.2) is 36.9 Å². The lowest BCUT2D eigenvalue weighted by molar-refractivity contribution is -0.135. The fourth-order valence-electron chi connectivity index (χ4n) is 1.87. The van der Waals surface area contributed by atoms with Crippen molar-refractivity contribution in [3.05, 3.63) is 58.6 Å². The highest BCUT2D eigenvalue weighted by Crippen LogP contribution is 2.23. The molecule has 0 aliphatic carbocycles. The molecule has 1 N–H and O–H groups in total. The summed E-state index contributed by atoms with van der Waals surface area (Å²) in [6.45, 7) is -0.324. The summed E-state index contributed by atoms with van der Waals surface area (Å²) < 4.78 is 5.36. The van der Waals surface area contributed by atoms with Gasteiger partial charge in [-0.05, 0) is 24.3 Å². The summed E-state index contributed by atoms with van der Waals surface area (Å²) in [5.74, 6) is -0.276. The van der Waals surface area contributed by atoms with Crippen LogP contribution in [0.2, 0.25) is 10.0 Å². The van der Waals surface area contributed by atoms with Gasteiger partial charge in [-0.3, -0.25) is 9.59 Å². The fraction of sp³-hybridized carbons (Fsp3) is 0.176. The van der Waals surface area contributed by atoms with Gasteiger partial charge < -0.3 is 15.0 Å². The van der Waals surface area contributed by atoms with Crippen molar-refractivity contribution < 1.29 is 14.3 Å². The van der Waals surface area contributed by atoms with E-state index in [4.69, 9.17) is 27.9 Å². The Morgan fingerprint density at radius 3 is 2.33 bits per heavy atom. The van der Waals surface area contributed by atoms with E-state index in [1.165, 1.54) is 11.9 Å². The number of likely N-dealkylation sites (N-methyl/N-ethyl adjacent to an activating group) is 1. The Bertz CT molecular complexity index is 737. The minimum Gasteiger partial charge on any atom is -0.482 e. The van der Waals surface area contributed by atoms with Crippen LogP contribution in [0, 0.1) is 0 Å². The number of carbonyl (C=O) groups excluding carboxylic acids is 2. The molecule has 0 aromatic heterocycles. The number of halogens is 2. The molecular formula is C17H16Cl2N2O3. The van der Waals surface area contributed by atoms with Crippen molar-refractivity contribution in [2.24, 2.45) is 0 Å². The van der Waals surface area contributed by atoms with E-state index < -0.39 is 0 Å². The number of carbonyl (C=O) groups is 2. The number of nitrogens with one attached hydrogen (secondary N) is 1. The van der Waals surface area contributed by atoms with Crippen LogP contribution < -0.4 is 10.1 Å². The average Bonchev–Trinajstić information content (AvgIpc) is 2.56. The van der Waals surface area contributed by atoms with Gasteiger partial charge in [-0.25, -0.2) is 0 Å². The molecule has 5 nitrogen and oxygen atoms in total. The van der Waals surface area contributed by atoms with Crippen LogP contribution in [0.3, 0.4) is 0 Å². The van der Waals surface area contributed by atoms with E-state index in [1.54, 1.807) is 48.5 Å². The quantitative estimate of drug-likeness (QED) is 0.851. The number of hydrogen-bond acceptors (Lipinski definition) is 3. The van der Waals surface area contributed by atoms with E-state index in [0.717, 1.165) is 0 Å². The molecule has 24 heavy (non-hydrogen) atoms. The largest absolute Gasteiger partial charge is 0.482 e. The van der Waals surface area contributed by atoms with Crippen molar-refractivity contribution in [1.82, 2.24) is 4.90 Å². The van der Waals surface area contributed by atoms with Gasteiger partial charge in [-0.15, -0.1) is 0 Å². The predicted molar refractivity (Wildman–Crippen MR) is 94.7 cm³/mol. The fourth-order valence-corrected chi connectivity index (χ4v) is 2.24. The number of hydrogen-bond donors (Lipinski definition) is 1. The Morgan fingerprint density at radius 2 is 1.67 bits per heavy atom. The molecule has 0 atom stereocenters. The molecule has 7 heteroatoms. The van der Waals surface area contributed by atoms with E-state index in [1.807, 2.05) is 0 Å². The molecule has 0 saturated carbocycles. The van der Waals surface area contributed by atoms with E-state index in [9.17, 15) is 9.59 Å². The van der Waals surface area contributed by atoms with Gasteiger partial charge in [0, 0.05) is 7.05 Å². The van der Waals surface area contributed by atoms with Crippen LogP contribution in [0.4, 0.5) is 5.69 Å². The maximum absolute atomic E-state index is 12.0. The molecule has 0 radical (unpaired) electrons. The summed E-state index contributed by atoms with van der Waals surface area (Å²) in [5, 5.41) is 3.51. The molecular weight excluding hydrogens is 351 g/mol. The van der Waals surface area contributed by atoms with Gasteiger partial charge in [-0.1, -0.05) is 47.5 Å². The summed E-state index contributed by atoms with van der Waals surface area (Å²) in [7, 11) is 1.52. The first-order valence-electron chi connectivity index (χ1n) is 7.13. The Morgan fingerprint density at radius 1 is 1.04 bits per heavy atom. The van der Waals surface area contributed by atoms with Crippen LogP contribution in [0.25, 0.3) is 0 Å². The van der Waals surface area contributed by atoms with Gasteiger partial charge in [0.2, 0.25) is 5.91 Å². The molecule has 0 fully saturated rings. The van der Waals surface area contributed by atoms with Crippen LogP contribution in [0.5, 0.6) is 5.75 Å². The number of anilines is 1. The monoisotopic (exact) mass is 366 g/mol. The zero-order chi connectivity index (χ0) is 17.5. The van der Waals surface area contributed by atoms with Crippen LogP contribution in [0.1, 0.15) is 0 Å². The number of benzene rings is 2. The summed E-state index contributed by atoms with van der Waals surface area (Å²) in [4.78, 5) is 25.3. The van der Waals surface area contributed by atoms with Crippen LogP contribution in [-0.2, 0) is 9.59 Å². The van der Waals surface area contributed by atoms with Gasteiger partial charge in [0.15, 0.2) is 6.61 Å². The van der Waals surface area contributed by atoms with E-state index in [0.29, 0.717) is 21.5 Å². The Hall–Kier alpha value is -2.24. The molecule has 0 aliphatic heterocycles. The minimum absolute atomic E-state index is 0.115. The average molecular weight is 367 g/mol. The van der Waals surface area contributed by atoms with Crippen molar-refractivity contribution in [1.29, 1.82) is 0 Å². The van der Waals surface area contributed by atoms with Crippen molar-refractivity contribution >= 4 is 40.7 Å². The summed E-state index contributed by atoms with van der Waals surface area (Å²) in [5.41, 5.74) is 0.498. The van der Waals surface area contributed by atoms with E-state index >= 15 is 0 Å². The third-order valence-corrected chi connectivity index (χ3v) is 3.78. The highest BCUT2D eigenvalue weighted by molar-refractivity contribution is 6.33. The standard InChI is InChI=1S/C17H16Cl2N2O3/c1-21(10-16(22)20-14-8-4-2-6-12(14)18)17(23)11-24-15-9-5-3-7-13(15)19/h2-9H,10-11H2,1H3,(H,20,22). The highest BCUT2D eigenvalue weighted by atomic mass is 35.5. The molecule has 0 bridgehead atoms. The molecule has 0 heterocycles. The summed E-state index contributed by atoms with van der Waals surface area (Å²) in [6.07, 6.45) is 0. The first-order chi connectivity index (χ1) is 11.5. The molecule has 2 amide bonds. The lowest BCUT2D eigenvalue weighted by atomic mass is 10.3. The molecule has 0 saturated heterocycles. The maximum Gasteiger partial charge on any atom is 0.260 e. The summed E-state index contributed by atoms with van der Waals surface area (Å²) in [6, 6.07) is 13.7. The lowest BCUT2D eigenvalue weighted by Crippen LogP contribution is -2.37. The summed E-state index contributed by atoms with van der Waals surface area (Å²) >= 11 is 11.9. The van der Waals surface area contributed by atoms with Gasteiger partial charge in [0.05, 0.1) is 22.3 Å². The van der Waals surface area contributed by atoms with Gasteiger partial charge in [0.1, 0.15) is 5.75 Å². The van der Waals surface area contributed by atoms with Gasteiger partial charge >= 0.3 is 0 Å². The number of amides is 2. The molecule has 2 aromatic rings. The first-order valence-corrected chi connectivity index (χ1v) is 7.88. The van der Waals surface area contributed by atoms with Gasteiger partial charge in [-0.2, -0.15) is 0 Å². The Labute approximate surface area is 150 Å². The Kier molecular flexibility index (Phi) is 6.46. The smallest absolute Gasteiger partial charge is 0.260 e. The molecule has 0 unspecified atom stereocenters. The maximum atomic E-state index is 12.0. The molecule has 126 valence electrons. The second kappa shape index (κ2) is 8.57. The third kappa shape index (κ3) is 5.15. The number of ether oxygens (including phenoxy) is 1. The second-order valence-corrected chi connectivity index (χ2v) is 5.81. The highest BCUT2D eigenvalue weighted by Gasteiger charge is 2.15. The zero-order valence-electron chi connectivity index (χ0n) is 13.0. The SMILES string of the molecule is CN(CC(=O)Nc1ccccc1Cl)C(=O)COc1ccccc1Cl. The Balaban J connectivity index is 1.84. The van der Waals surface area contributed by atoms with Crippen LogP contribution in [0.15, 0.2) is 48.5 Å². The minimum atomic E-state index is -0.350. The normalized spacial score (nSPS) is 10.1. The predicted octanol–water partition coefficient (Wildman–Crippen LogP) is 3.47. The van der Waals surface area contributed by atoms with Gasteiger partial charge in [0.25, 0.3) is 5.91 Å².